The second-order valence-corrected chi connectivity index (χ2v) is 5.57. The number of morpholine rings is 1. The zero-order valence-electron chi connectivity index (χ0n) is 13.1. The number of alkyl halides is 3. The number of ether oxygens (including phenoxy) is 2. The van der Waals surface area contributed by atoms with Crippen LogP contribution >= 0.6 is 0 Å². The zero-order valence-corrected chi connectivity index (χ0v) is 13.1. The maximum atomic E-state index is 12.4. The molecule has 2 N–H and O–H groups in total. The second kappa shape index (κ2) is 7.34. The van der Waals surface area contributed by atoms with Crippen LogP contribution in [0.1, 0.15) is 0 Å². The summed E-state index contributed by atoms with van der Waals surface area (Å²) in [6.45, 7) is 4.01. The van der Waals surface area contributed by atoms with Crippen LogP contribution in [0.25, 0.3) is 0 Å². The molecule has 0 radical (unpaired) electrons. The highest BCUT2D eigenvalue weighted by atomic mass is 19.4. The van der Waals surface area contributed by atoms with Crippen molar-refractivity contribution in [3.8, 4) is 6.01 Å². The number of nitrogens with two attached hydrogens (primary N) is 1. The van der Waals surface area contributed by atoms with Crippen molar-refractivity contribution >= 4 is 11.9 Å². The van der Waals surface area contributed by atoms with Crippen LogP contribution in [0.5, 0.6) is 6.01 Å². The van der Waals surface area contributed by atoms with Crippen molar-refractivity contribution in [1.82, 2.24) is 15.0 Å². The molecule has 24 heavy (non-hydrogen) atoms. The molecule has 11 heteroatoms. The molecular formula is C13H20F3N6O2+. The molecule has 134 valence electrons. The quantitative estimate of drug-likeness (QED) is 0.749. The highest BCUT2D eigenvalue weighted by molar-refractivity contribution is 5.40. The number of hydrogen-bond acceptors (Lipinski definition) is 7. The Morgan fingerprint density at radius 2 is 1.54 bits per heavy atom. The van der Waals surface area contributed by atoms with Crippen LogP contribution in [0.15, 0.2) is 0 Å². The summed E-state index contributed by atoms with van der Waals surface area (Å²) in [7, 11) is 0. The number of quaternary nitrogens is 1. The first-order valence-corrected chi connectivity index (χ1v) is 7.86. The first-order valence-electron chi connectivity index (χ1n) is 7.86. The van der Waals surface area contributed by atoms with Gasteiger partial charge in [0.25, 0.3) is 0 Å². The molecule has 1 aromatic heterocycles. The normalized spacial score (nSPS) is 19.5. The van der Waals surface area contributed by atoms with Crippen molar-refractivity contribution in [2.24, 2.45) is 0 Å². The second-order valence-electron chi connectivity index (χ2n) is 5.57. The largest absolute Gasteiger partial charge is 0.454 e. The SMILES string of the molecule is FC(F)(F)COc1nc(N2CC[NH2+]CC2)nc(N2CCOCC2)n1. The van der Waals surface area contributed by atoms with E-state index in [0.717, 1.165) is 26.2 Å². The van der Waals surface area contributed by atoms with E-state index in [-0.39, 0.29) is 6.01 Å². The fourth-order valence-electron chi connectivity index (χ4n) is 2.54. The van der Waals surface area contributed by atoms with E-state index in [1.54, 1.807) is 0 Å². The Bertz CT molecular complexity index is 511. The smallest absolute Gasteiger partial charge is 0.422 e. The standard InChI is InChI=1S/C13H19F3N6O2/c14-13(15,16)9-24-12-19-10(21-3-1-17-2-4-21)18-11(20-12)22-5-7-23-8-6-22/h17H,1-9H2/p+1. The molecule has 0 aromatic carbocycles. The lowest BCUT2D eigenvalue weighted by atomic mass is 10.4. The first-order chi connectivity index (χ1) is 11.5. The summed E-state index contributed by atoms with van der Waals surface area (Å²) in [5.74, 6) is 0.687. The fraction of sp³-hybridized carbons (Fsp3) is 0.769. The molecular weight excluding hydrogens is 329 g/mol. The highest BCUT2D eigenvalue weighted by Gasteiger charge is 2.30. The molecule has 0 saturated carbocycles. The lowest BCUT2D eigenvalue weighted by molar-refractivity contribution is -0.655. The minimum Gasteiger partial charge on any atom is -0.454 e. The van der Waals surface area contributed by atoms with E-state index in [1.165, 1.54) is 0 Å². The van der Waals surface area contributed by atoms with Crippen LogP contribution in [0.2, 0.25) is 0 Å². The maximum absolute atomic E-state index is 12.4. The van der Waals surface area contributed by atoms with Crippen LogP contribution < -0.4 is 19.9 Å². The first kappa shape index (κ1) is 17.0. The molecule has 2 saturated heterocycles. The molecule has 2 aliphatic heterocycles. The summed E-state index contributed by atoms with van der Waals surface area (Å²) in [4.78, 5) is 16.3. The van der Waals surface area contributed by atoms with Gasteiger partial charge in [-0.3, -0.25) is 0 Å². The molecule has 0 atom stereocenters. The topological polar surface area (TPSA) is 80.2 Å². The molecule has 3 heterocycles. The Morgan fingerprint density at radius 1 is 0.958 bits per heavy atom. The van der Waals surface area contributed by atoms with Gasteiger partial charge in [0.2, 0.25) is 11.9 Å². The van der Waals surface area contributed by atoms with Crippen molar-refractivity contribution in [1.29, 1.82) is 0 Å². The minimum absolute atomic E-state index is 0.298. The van der Waals surface area contributed by atoms with Gasteiger partial charge in [0, 0.05) is 13.1 Å². The van der Waals surface area contributed by atoms with E-state index in [9.17, 15) is 13.2 Å². The van der Waals surface area contributed by atoms with E-state index in [2.05, 4.69) is 20.3 Å². The number of rotatable bonds is 4. The van der Waals surface area contributed by atoms with Gasteiger partial charge in [-0.25, -0.2) is 0 Å². The Hall–Kier alpha value is -1.88. The molecule has 0 aliphatic carbocycles. The van der Waals surface area contributed by atoms with E-state index in [4.69, 9.17) is 9.47 Å². The van der Waals surface area contributed by atoms with E-state index in [1.807, 2.05) is 9.80 Å². The Kier molecular flexibility index (Phi) is 5.19. The van der Waals surface area contributed by atoms with Gasteiger partial charge >= 0.3 is 12.2 Å². The summed E-state index contributed by atoms with van der Waals surface area (Å²) < 4.78 is 47.3. The molecule has 0 amide bonds. The summed E-state index contributed by atoms with van der Waals surface area (Å²) in [6.07, 6.45) is -4.44. The van der Waals surface area contributed by atoms with Gasteiger partial charge in [0.15, 0.2) is 6.61 Å². The molecule has 8 nitrogen and oxygen atoms in total. The average Bonchev–Trinajstić information content (AvgIpc) is 2.61. The van der Waals surface area contributed by atoms with Gasteiger partial charge in [-0.05, 0) is 0 Å². The Morgan fingerprint density at radius 3 is 2.12 bits per heavy atom. The predicted octanol–water partition coefficient (Wildman–Crippen LogP) is -0.967. The summed E-state index contributed by atoms with van der Waals surface area (Å²) >= 11 is 0. The third-order valence-electron chi connectivity index (χ3n) is 3.74. The van der Waals surface area contributed by atoms with Crippen LogP contribution in [-0.4, -0.2) is 80.2 Å². The number of hydrogen-bond donors (Lipinski definition) is 1. The number of anilines is 2. The van der Waals surface area contributed by atoms with Gasteiger partial charge in [-0.15, -0.1) is 0 Å². The Balaban J connectivity index is 1.83. The van der Waals surface area contributed by atoms with Crippen LogP contribution in [0.3, 0.4) is 0 Å². The van der Waals surface area contributed by atoms with Crippen molar-refractivity contribution in [3.63, 3.8) is 0 Å². The third-order valence-corrected chi connectivity index (χ3v) is 3.74. The number of halogens is 3. The van der Waals surface area contributed by atoms with Crippen molar-refractivity contribution < 1.29 is 28.0 Å². The monoisotopic (exact) mass is 349 g/mol. The van der Waals surface area contributed by atoms with Crippen LogP contribution in [0, 0.1) is 0 Å². The van der Waals surface area contributed by atoms with Crippen molar-refractivity contribution in [2.45, 2.75) is 6.18 Å². The lowest BCUT2D eigenvalue weighted by Crippen LogP contribution is -2.89. The Labute approximate surface area is 137 Å². The average molecular weight is 349 g/mol. The summed E-state index contributed by atoms with van der Waals surface area (Å²) in [6, 6.07) is -0.298. The summed E-state index contributed by atoms with van der Waals surface area (Å²) in [5, 5.41) is 2.17. The van der Waals surface area contributed by atoms with Gasteiger partial charge < -0.3 is 24.6 Å². The molecule has 1 aromatic rings. The van der Waals surface area contributed by atoms with E-state index < -0.39 is 12.8 Å². The molecule has 0 spiro atoms. The summed E-state index contributed by atoms with van der Waals surface area (Å²) in [5.41, 5.74) is 0. The van der Waals surface area contributed by atoms with Crippen LogP contribution in [-0.2, 0) is 4.74 Å². The van der Waals surface area contributed by atoms with E-state index >= 15 is 0 Å². The molecule has 3 rings (SSSR count). The van der Waals surface area contributed by atoms with E-state index in [0.29, 0.717) is 38.2 Å². The molecule has 2 aliphatic rings. The highest BCUT2D eigenvalue weighted by Crippen LogP contribution is 2.21. The number of aromatic nitrogens is 3. The molecule has 0 bridgehead atoms. The fourth-order valence-corrected chi connectivity index (χ4v) is 2.54. The number of nitrogens with zero attached hydrogens (tertiary/aromatic N) is 5. The van der Waals surface area contributed by atoms with Crippen LogP contribution in [0.4, 0.5) is 25.1 Å². The molecule has 0 unspecified atom stereocenters. The van der Waals surface area contributed by atoms with Gasteiger partial charge in [0.1, 0.15) is 0 Å². The zero-order chi connectivity index (χ0) is 17.0. The van der Waals surface area contributed by atoms with Gasteiger partial charge in [-0.1, -0.05) is 0 Å². The van der Waals surface area contributed by atoms with Gasteiger partial charge in [0.05, 0.1) is 39.4 Å². The predicted molar refractivity (Wildman–Crippen MR) is 78.3 cm³/mol. The molecule has 2 fully saturated rings. The van der Waals surface area contributed by atoms with Gasteiger partial charge in [-0.2, -0.15) is 28.1 Å². The third kappa shape index (κ3) is 4.57. The van der Waals surface area contributed by atoms with Crippen molar-refractivity contribution in [3.05, 3.63) is 0 Å². The minimum atomic E-state index is -4.44. The number of piperazine rings is 1. The maximum Gasteiger partial charge on any atom is 0.422 e. The van der Waals surface area contributed by atoms with Crippen molar-refractivity contribution in [2.75, 3.05) is 68.9 Å². The lowest BCUT2D eigenvalue weighted by Gasteiger charge is -2.29.